The maximum absolute atomic E-state index is 11.5. The first-order chi connectivity index (χ1) is 11.1. The van der Waals surface area contributed by atoms with Gasteiger partial charge in [-0.2, -0.15) is 0 Å². The van der Waals surface area contributed by atoms with Crippen molar-refractivity contribution in [3.63, 3.8) is 0 Å². The second-order valence-corrected chi connectivity index (χ2v) is 5.84. The molecule has 1 aliphatic rings. The third-order valence-electron chi connectivity index (χ3n) is 4.00. The molecule has 0 saturated heterocycles. The summed E-state index contributed by atoms with van der Waals surface area (Å²) in [5, 5.41) is 14.5. The number of nitrogens with one attached hydrogen (secondary N) is 1. The highest BCUT2D eigenvalue weighted by Gasteiger charge is 2.36. The van der Waals surface area contributed by atoms with Crippen molar-refractivity contribution in [2.45, 2.75) is 38.3 Å². The van der Waals surface area contributed by atoms with Crippen molar-refractivity contribution in [3.05, 3.63) is 52.5 Å². The highest BCUT2D eigenvalue weighted by atomic mass is 16.6. The van der Waals surface area contributed by atoms with Gasteiger partial charge in [-0.25, -0.2) is 4.98 Å². The van der Waals surface area contributed by atoms with Gasteiger partial charge in [-0.05, 0) is 38.3 Å². The summed E-state index contributed by atoms with van der Waals surface area (Å²) < 4.78 is 5.89. The standard InChI is InChI=1S/C16H18N4O3/c1-16(7-4-8-16)23-13-6-10-18-15(14(13)20(21)22)19-11-12-5-2-3-9-17-12/h2-3,5-6,9-10H,4,7-8,11H2,1H3,(H,18,19). The van der Waals surface area contributed by atoms with Crippen LogP contribution in [0, 0.1) is 10.1 Å². The van der Waals surface area contributed by atoms with Gasteiger partial charge < -0.3 is 10.1 Å². The number of hydrogen-bond donors (Lipinski definition) is 1. The molecular weight excluding hydrogens is 296 g/mol. The maximum Gasteiger partial charge on any atom is 0.352 e. The zero-order valence-electron chi connectivity index (χ0n) is 12.9. The maximum atomic E-state index is 11.5. The van der Waals surface area contributed by atoms with Crippen LogP contribution in [0.1, 0.15) is 31.9 Å². The molecule has 1 N–H and O–H groups in total. The smallest absolute Gasteiger partial charge is 0.352 e. The monoisotopic (exact) mass is 314 g/mol. The van der Waals surface area contributed by atoms with E-state index >= 15 is 0 Å². The van der Waals surface area contributed by atoms with Gasteiger partial charge >= 0.3 is 5.69 Å². The highest BCUT2D eigenvalue weighted by Crippen LogP contribution is 2.41. The Morgan fingerprint density at radius 3 is 2.74 bits per heavy atom. The van der Waals surface area contributed by atoms with Crippen LogP contribution in [0.3, 0.4) is 0 Å². The van der Waals surface area contributed by atoms with Gasteiger partial charge in [0.05, 0.1) is 17.2 Å². The molecule has 0 radical (unpaired) electrons. The average Bonchev–Trinajstić information content (AvgIpc) is 2.52. The van der Waals surface area contributed by atoms with Crippen LogP contribution in [-0.4, -0.2) is 20.5 Å². The molecule has 1 fully saturated rings. The fraction of sp³-hybridized carbons (Fsp3) is 0.375. The molecule has 0 spiro atoms. The van der Waals surface area contributed by atoms with Gasteiger partial charge in [-0.3, -0.25) is 15.1 Å². The Morgan fingerprint density at radius 1 is 1.30 bits per heavy atom. The molecule has 120 valence electrons. The zero-order chi connectivity index (χ0) is 16.3. The van der Waals surface area contributed by atoms with E-state index in [0.29, 0.717) is 6.54 Å². The highest BCUT2D eigenvalue weighted by molar-refractivity contribution is 5.63. The Balaban J connectivity index is 1.83. The second kappa shape index (κ2) is 6.20. The topological polar surface area (TPSA) is 90.2 Å². The minimum atomic E-state index is -0.453. The van der Waals surface area contributed by atoms with Crippen molar-refractivity contribution >= 4 is 11.5 Å². The largest absolute Gasteiger partial charge is 0.480 e. The van der Waals surface area contributed by atoms with Gasteiger partial charge in [0.2, 0.25) is 11.6 Å². The van der Waals surface area contributed by atoms with Crippen LogP contribution in [0.4, 0.5) is 11.5 Å². The Labute approximate surface area is 133 Å². The lowest BCUT2D eigenvalue weighted by atomic mass is 9.82. The van der Waals surface area contributed by atoms with Crippen LogP contribution in [0.5, 0.6) is 5.75 Å². The van der Waals surface area contributed by atoms with Crippen molar-refractivity contribution in [1.82, 2.24) is 9.97 Å². The molecular formula is C16H18N4O3. The summed E-state index contributed by atoms with van der Waals surface area (Å²) in [6.07, 6.45) is 6.09. The first-order valence-electron chi connectivity index (χ1n) is 7.54. The summed E-state index contributed by atoms with van der Waals surface area (Å²) in [7, 11) is 0. The van der Waals surface area contributed by atoms with Gasteiger partial charge in [0.25, 0.3) is 0 Å². The molecule has 0 unspecified atom stereocenters. The minimum absolute atomic E-state index is 0.128. The molecule has 0 atom stereocenters. The average molecular weight is 314 g/mol. The van der Waals surface area contributed by atoms with E-state index in [9.17, 15) is 10.1 Å². The molecule has 1 aliphatic carbocycles. The van der Waals surface area contributed by atoms with Crippen LogP contribution >= 0.6 is 0 Å². The lowest BCUT2D eigenvalue weighted by Gasteiger charge is -2.38. The van der Waals surface area contributed by atoms with Crippen molar-refractivity contribution in [1.29, 1.82) is 0 Å². The molecule has 0 aliphatic heterocycles. The van der Waals surface area contributed by atoms with Gasteiger partial charge in [0.1, 0.15) is 5.60 Å². The van der Waals surface area contributed by atoms with Crippen molar-refractivity contribution in [2.24, 2.45) is 0 Å². The van der Waals surface area contributed by atoms with Crippen molar-refractivity contribution in [2.75, 3.05) is 5.32 Å². The third-order valence-corrected chi connectivity index (χ3v) is 4.00. The summed E-state index contributed by atoms with van der Waals surface area (Å²) >= 11 is 0. The summed E-state index contributed by atoms with van der Waals surface area (Å²) in [6, 6.07) is 7.07. The number of anilines is 1. The van der Waals surface area contributed by atoms with E-state index in [-0.39, 0.29) is 22.9 Å². The molecule has 0 aromatic carbocycles. The first kappa shape index (κ1) is 15.2. The normalized spacial score (nSPS) is 15.5. The molecule has 7 heteroatoms. The van der Waals surface area contributed by atoms with E-state index in [1.54, 1.807) is 12.3 Å². The summed E-state index contributed by atoms with van der Waals surface area (Å²) in [4.78, 5) is 19.3. The number of aromatic nitrogens is 2. The van der Waals surface area contributed by atoms with E-state index < -0.39 is 4.92 Å². The van der Waals surface area contributed by atoms with Crippen LogP contribution in [0.15, 0.2) is 36.7 Å². The molecule has 0 amide bonds. The van der Waals surface area contributed by atoms with Gasteiger partial charge in [0, 0.05) is 18.5 Å². The van der Waals surface area contributed by atoms with Crippen molar-refractivity contribution in [3.8, 4) is 5.75 Å². The van der Waals surface area contributed by atoms with E-state index in [1.807, 2.05) is 25.1 Å². The van der Waals surface area contributed by atoms with E-state index in [0.717, 1.165) is 25.0 Å². The number of ether oxygens (including phenoxy) is 1. The Hall–Kier alpha value is -2.70. The Morgan fingerprint density at radius 2 is 2.13 bits per heavy atom. The molecule has 23 heavy (non-hydrogen) atoms. The van der Waals surface area contributed by atoms with Crippen LogP contribution < -0.4 is 10.1 Å². The molecule has 2 heterocycles. The van der Waals surface area contributed by atoms with Crippen LogP contribution in [-0.2, 0) is 6.54 Å². The number of pyridine rings is 2. The summed E-state index contributed by atoms with van der Waals surface area (Å²) in [5.74, 6) is 0.455. The van der Waals surface area contributed by atoms with Crippen molar-refractivity contribution < 1.29 is 9.66 Å². The predicted octanol–water partition coefficient (Wildman–Crippen LogP) is 3.32. The number of nitrogens with zero attached hydrogens (tertiary/aromatic N) is 3. The van der Waals surface area contributed by atoms with Gasteiger partial charge in [0.15, 0.2) is 0 Å². The minimum Gasteiger partial charge on any atom is -0.480 e. The number of hydrogen-bond acceptors (Lipinski definition) is 6. The zero-order valence-corrected chi connectivity index (χ0v) is 12.9. The predicted molar refractivity (Wildman–Crippen MR) is 85.3 cm³/mol. The molecule has 3 rings (SSSR count). The number of nitro groups is 1. The summed E-state index contributed by atoms with van der Waals surface area (Å²) in [5.41, 5.74) is 0.335. The fourth-order valence-corrected chi connectivity index (χ4v) is 2.54. The number of rotatable bonds is 6. The SMILES string of the molecule is CC1(Oc2ccnc(NCc3ccccn3)c2[N+](=O)[O-])CCC1. The van der Waals surface area contributed by atoms with E-state index in [4.69, 9.17) is 4.74 Å². The third kappa shape index (κ3) is 3.39. The molecule has 1 saturated carbocycles. The second-order valence-electron chi connectivity index (χ2n) is 5.84. The van der Waals surface area contributed by atoms with Gasteiger partial charge in [-0.1, -0.05) is 6.07 Å². The van der Waals surface area contributed by atoms with Crippen LogP contribution in [0.25, 0.3) is 0 Å². The molecule has 2 aromatic heterocycles. The molecule has 2 aromatic rings. The quantitative estimate of drug-likeness (QED) is 0.650. The summed E-state index contributed by atoms with van der Waals surface area (Å²) in [6.45, 7) is 2.33. The van der Waals surface area contributed by atoms with Crippen LogP contribution in [0.2, 0.25) is 0 Å². The van der Waals surface area contributed by atoms with Gasteiger partial charge in [-0.15, -0.1) is 0 Å². The van der Waals surface area contributed by atoms with E-state index in [1.165, 1.54) is 6.20 Å². The lowest BCUT2D eigenvalue weighted by Crippen LogP contribution is -2.39. The molecule has 0 bridgehead atoms. The molecule has 7 nitrogen and oxygen atoms in total. The Bertz CT molecular complexity index is 702. The lowest BCUT2D eigenvalue weighted by molar-refractivity contribution is -0.385. The van der Waals surface area contributed by atoms with E-state index in [2.05, 4.69) is 15.3 Å². The Kier molecular flexibility index (Phi) is 4.10. The fourth-order valence-electron chi connectivity index (χ4n) is 2.54. The first-order valence-corrected chi connectivity index (χ1v) is 7.54.